The normalized spacial score (nSPS) is 18.4. The molecule has 1 aliphatic rings. The lowest BCUT2D eigenvalue weighted by Gasteiger charge is -2.22. The van der Waals surface area contributed by atoms with Crippen molar-refractivity contribution in [3.8, 4) is 0 Å². The van der Waals surface area contributed by atoms with Gasteiger partial charge in [-0.25, -0.2) is 4.99 Å². The molecule has 0 saturated carbocycles. The number of hydrogen-bond donors (Lipinski definition) is 2. The Morgan fingerprint density at radius 1 is 1.35 bits per heavy atom. The Morgan fingerprint density at radius 2 is 2.13 bits per heavy atom. The van der Waals surface area contributed by atoms with Crippen molar-refractivity contribution in [3.63, 3.8) is 0 Å². The summed E-state index contributed by atoms with van der Waals surface area (Å²) in [5.41, 5.74) is 1.02. The van der Waals surface area contributed by atoms with Crippen LogP contribution in [0.15, 0.2) is 17.1 Å². The minimum absolute atomic E-state index is 0.0166. The molecule has 132 valence electrons. The van der Waals surface area contributed by atoms with E-state index in [4.69, 9.17) is 4.74 Å². The molecular formula is C17H32N4O2. The topological polar surface area (TPSA) is 66.0 Å². The standard InChI is InChI=1S/C17H32N4O2/c1-14(2)12-19-17(20-13-16(22)21(3)4)18-10-7-9-15-8-5-6-11-23-15/h15H,1,5-13H2,2-4H3,(H2,18,19,20). The number of hydrogen-bond acceptors (Lipinski definition) is 3. The van der Waals surface area contributed by atoms with E-state index >= 15 is 0 Å². The lowest BCUT2D eigenvalue weighted by Crippen LogP contribution is -2.40. The molecule has 1 aliphatic heterocycles. The second kappa shape index (κ2) is 11.0. The molecule has 1 rings (SSSR count). The fraction of sp³-hybridized carbons (Fsp3) is 0.765. The Bertz CT molecular complexity index is 401. The molecular weight excluding hydrogens is 292 g/mol. The summed E-state index contributed by atoms with van der Waals surface area (Å²) in [4.78, 5) is 17.5. The second-order valence-electron chi connectivity index (χ2n) is 6.32. The molecule has 2 N–H and O–H groups in total. The summed E-state index contributed by atoms with van der Waals surface area (Å²) in [6, 6.07) is 0. The van der Waals surface area contributed by atoms with Crippen molar-refractivity contribution in [2.24, 2.45) is 4.99 Å². The number of aliphatic imine (C=N–C) groups is 1. The van der Waals surface area contributed by atoms with Crippen LogP contribution >= 0.6 is 0 Å². The van der Waals surface area contributed by atoms with Gasteiger partial charge in [0.1, 0.15) is 6.54 Å². The van der Waals surface area contributed by atoms with Crippen LogP contribution < -0.4 is 10.6 Å². The Labute approximate surface area is 140 Å². The maximum atomic E-state index is 11.7. The van der Waals surface area contributed by atoms with Crippen LogP contribution in [-0.4, -0.2) is 63.2 Å². The maximum Gasteiger partial charge on any atom is 0.243 e. The minimum Gasteiger partial charge on any atom is -0.378 e. The van der Waals surface area contributed by atoms with Gasteiger partial charge in [0.2, 0.25) is 5.91 Å². The van der Waals surface area contributed by atoms with Crippen molar-refractivity contribution in [2.75, 3.05) is 40.3 Å². The van der Waals surface area contributed by atoms with E-state index in [1.54, 1.807) is 19.0 Å². The van der Waals surface area contributed by atoms with E-state index in [1.807, 2.05) is 6.92 Å². The van der Waals surface area contributed by atoms with Crippen molar-refractivity contribution in [2.45, 2.75) is 45.1 Å². The van der Waals surface area contributed by atoms with Gasteiger partial charge in [-0.1, -0.05) is 12.2 Å². The first-order valence-corrected chi connectivity index (χ1v) is 8.47. The third kappa shape index (κ3) is 9.23. The van der Waals surface area contributed by atoms with Crippen molar-refractivity contribution >= 4 is 11.9 Å². The average molecular weight is 324 g/mol. The van der Waals surface area contributed by atoms with Gasteiger partial charge in [-0.3, -0.25) is 4.79 Å². The summed E-state index contributed by atoms with van der Waals surface area (Å²) in [5.74, 6) is 0.643. The summed E-state index contributed by atoms with van der Waals surface area (Å²) in [7, 11) is 3.47. The largest absolute Gasteiger partial charge is 0.378 e. The molecule has 1 fully saturated rings. The first-order chi connectivity index (χ1) is 11.0. The Hall–Kier alpha value is -1.56. The zero-order valence-electron chi connectivity index (χ0n) is 14.9. The van der Waals surface area contributed by atoms with E-state index in [0.29, 0.717) is 18.6 Å². The van der Waals surface area contributed by atoms with Crippen molar-refractivity contribution in [1.29, 1.82) is 0 Å². The number of likely N-dealkylation sites (N-methyl/N-ethyl adjacent to an activating group) is 1. The van der Waals surface area contributed by atoms with Crippen LogP contribution in [0, 0.1) is 0 Å². The maximum absolute atomic E-state index is 11.7. The number of guanidine groups is 1. The van der Waals surface area contributed by atoms with Crippen molar-refractivity contribution in [1.82, 2.24) is 15.5 Å². The number of carbonyl (C=O) groups excluding carboxylic acids is 1. The van der Waals surface area contributed by atoms with Crippen LogP contribution in [0.4, 0.5) is 0 Å². The Morgan fingerprint density at radius 3 is 2.74 bits per heavy atom. The van der Waals surface area contributed by atoms with Gasteiger partial charge < -0.3 is 20.3 Å². The predicted molar refractivity (Wildman–Crippen MR) is 94.6 cm³/mol. The molecule has 1 heterocycles. The lowest BCUT2D eigenvalue weighted by atomic mass is 10.0. The highest BCUT2D eigenvalue weighted by atomic mass is 16.5. The van der Waals surface area contributed by atoms with Gasteiger partial charge in [0.15, 0.2) is 5.96 Å². The van der Waals surface area contributed by atoms with E-state index in [-0.39, 0.29) is 12.5 Å². The monoisotopic (exact) mass is 324 g/mol. The van der Waals surface area contributed by atoms with Gasteiger partial charge in [-0.2, -0.15) is 0 Å². The van der Waals surface area contributed by atoms with E-state index in [0.717, 1.165) is 31.6 Å². The zero-order valence-corrected chi connectivity index (χ0v) is 14.9. The van der Waals surface area contributed by atoms with Crippen LogP contribution in [0.1, 0.15) is 39.0 Å². The Kier molecular flexibility index (Phi) is 9.36. The number of nitrogens with zero attached hydrogens (tertiary/aromatic N) is 2. The molecule has 1 unspecified atom stereocenters. The van der Waals surface area contributed by atoms with Crippen LogP contribution in [0.25, 0.3) is 0 Å². The summed E-state index contributed by atoms with van der Waals surface area (Å²) in [6.45, 7) is 8.33. The smallest absolute Gasteiger partial charge is 0.243 e. The molecule has 0 spiro atoms. The molecule has 0 aliphatic carbocycles. The van der Waals surface area contributed by atoms with E-state index in [2.05, 4.69) is 22.2 Å². The van der Waals surface area contributed by atoms with Gasteiger partial charge in [0.25, 0.3) is 0 Å². The predicted octanol–water partition coefficient (Wildman–Crippen LogP) is 1.54. The number of rotatable bonds is 8. The van der Waals surface area contributed by atoms with Gasteiger partial charge in [0, 0.05) is 33.8 Å². The molecule has 0 bridgehead atoms. The highest BCUT2D eigenvalue weighted by Gasteiger charge is 2.13. The second-order valence-corrected chi connectivity index (χ2v) is 6.32. The molecule has 1 saturated heterocycles. The fourth-order valence-corrected chi connectivity index (χ4v) is 2.27. The third-order valence-corrected chi connectivity index (χ3v) is 3.70. The average Bonchev–Trinajstić information content (AvgIpc) is 2.53. The molecule has 6 nitrogen and oxygen atoms in total. The summed E-state index contributed by atoms with van der Waals surface area (Å²) in [6.07, 6.45) is 6.14. The van der Waals surface area contributed by atoms with E-state index in [1.165, 1.54) is 19.3 Å². The molecule has 23 heavy (non-hydrogen) atoms. The van der Waals surface area contributed by atoms with E-state index < -0.39 is 0 Å². The van der Waals surface area contributed by atoms with Gasteiger partial charge in [0.05, 0.1) is 6.10 Å². The molecule has 6 heteroatoms. The minimum atomic E-state index is -0.0166. The molecule has 1 amide bonds. The number of ether oxygens (including phenoxy) is 1. The number of amides is 1. The zero-order chi connectivity index (χ0) is 17.1. The lowest BCUT2D eigenvalue weighted by molar-refractivity contribution is -0.127. The Balaban J connectivity index is 2.34. The summed E-state index contributed by atoms with van der Waals surface area (Å²) in [5, 5.41) is 6.47. The van der Waals surface area contributed by atoms with Crippen LogP contribution in [0.2, 0.25) is 0 Å². The molecule has 0 aromatic heterocycles. The van der Waals surface area contributed by atoms with Crippen LogP contribution in [0.5, 0.6) is 0 Å². The van der Waals surface area contributed by atoms with Crippen molar-refractivity contribution < 1.29 is 9.53 Å². The first-order valence-electron chi connectivity index (χ1n) is 8.47. The van der Waals surface area contributed by atoms with Gasteiger partial charge in [-0.15, -0.1) is 0 Å². The van der Waals surface area contributed by atoms with Crippen LogP contribution in [0.3, 0.4) is 0 Å². The first kappa shape index (κ1) is 19.5. The SMILES string of the molecule is C=C(C)CNC(=NCC(=O)N(C)C)NCCCC1CCCCO1. The quantitative estimate of drug-likeness (QED) is 0.308. The molecule has 0 radical (unpaired) electrons. The highest BCUT2D eigenvalue weighted by Crippen LogP contribution is 2.16. The molecule has 0 aromatic rings. The third-order valence-electron chi connectivity index (χ3n) is 3.70. The van der Waals surface area contributed by atoms with Crippen molar-refractivity contribution in [3.05, 3.63) is 12.2 Å². The fourth-order valence-electron chi connectivity index (χ4n) is 2.27. The molecule has 1 atom stereocenters. The summed E-state index contributed by atoms with van der Waals surface area (Å²) < 4.78 is 5.73. The number of carbonyl (C=O) groups is 1. The summed E-state index contributed by atoms with van der Waals surface area (Å²) >= 11 is 0. The number of nitrogens with one attached hydrogen (secondary N) is 2. The van der Waals surface area contributed by atoms with Gasteiger partial charge in [-0.05, 0) is 39.0 Å². The molecule has 0 aromatic carbocycles. The highest BCUT2D eigenvalue weighted by molar-refractivity contribution is 5.84. The van der Waals surface area contributed by atoms with Gasteiger partial charge >= 0.3 is 0 Å². The van der Waals surface area contributed by atoms with Crippen LogP contribution in [-0.2, 0) is 9.53 Å². The van der Waals surface area contributed by atoms with E-state index in [9.17, 15) is 4.79 Å².